The van der Waals surface area contributed by atoms with Crippen LogP contribution in [-0.4, -0.2) is 31.2 Å². The van der Waals surface area contributed by atoms with E-state index in [-0.39, 0.29) is 28.9 Å². The molecule has 1 atom stereocenters. The van der Waals surface area contributed by atoms with Crippen molar-refractivity contribution in [1.29, 1.82) is 0 Å². The summed E-state index contributed by atoms with van der Waals surface area (Å²) in [5.74, 6) is -1.65. The van der Waals surface area contributed by atoms with Crippen molar-refractivity contribution in [2.45, 2.75) is 37.8 Å². The summed E-state index contributed by atoms with van der Waals surface area (Å²) < 4.78 is 39.2. The van der Waals surface area contributed by atoms with Gasteiger partial charge in [-0.1, -0.05) is 50.2 Å². The third-order valence-electron chi connectivity index (χ3n) is 6.09. The highest BCUT2D eigenvalue weighted by Crippen LogP contribution is 2.42. The summed E-state index contributed by atoms with van der Waals surface area (Å²) in [4.78, 5) is 12.8. The summed E-state index contributed by atoms with van der Waals surface area (Å²) in [5.41, 5.74) is 0.519. The molecule has 0 saturated carbocycles. The molecule has 0 saturated heterocycles. The summed E-state index contributed by atoms with van der Waals surface area (Å²) >= 11 is 0. The van der Waals surface area contributed by atoms with Gasteiger partial charge in [0.15, 0.2) is 0 Å². The van der Waals surface area contributed by atoms with Crippen LogP contribution < -0.4 is 0 Å². The first-order valence-electron chi connectivity index (χ1n) is 10.5. The highest BCUT2D eigenvalue weighted by Gasteiger charge is 2.35. The van der Waals surface area contributed by atoms with E-state index in [1.165, 1.54) is 12.1 Å². The molecule has 6 nitrogen and oxygen atoms in total. The molecule has 176 valence electrons. The highest BCUT2D eigenvalue weighted by molar-refractivity contribution is 5.75. The topological polar surface area (TPSA) is 88.2 Å². The van der Waals surface area contributed by atoms with Crippen LogP contribution in [0.2, 0.25) is 0 Å². The van der Waals surface area contributed by atoms with Crippen molar-refractivity contribution in [1.82, 2.24) is 15.0 Å². The molecule has 0 spiro atoms. The Balaban J connectivity index is 1.80. The Kier molecular flexibility index (Phi) is 5.80. The van der Waals surface area contributed by atoms with Gasteiger partial charge in [-0.3, -0.25) is 4.79 Å². The van der Waals surface area contributed by atoms with Crippen molar-refractivity contribution in [3.05, 3.63) is 83.4 Å². The molecule has 34 heavy (non-hydrogen) atoms. The fraction of sp³-hybridized carbons (Fsp3) is 0.240. The third kappa shape index (κ3) is 4.46. The van der Waals surface area contributed by atoms with Gasteiger partial charge in [0, 0.05) is 5.92 Å². The van der Waals surface area contributed by atoms with Gasteiger partial charge in [0.25, 0.3) is 0 Å². The number of phenols is 1. The summed E-state index contributed by atoms with van der Waals surface area (Å²) in [6.45, 7) is 3.89. The minimum absolute atomic E-state index is 0.0197. The lowest BCUT2D eigenvalue weighted by atomic mass is 9.69. The first kappa shape index (κ1) is 23.3. The van der Waals surface area contributed by atoms with Crippen LogP contribution in [0, 0.1) is 0 Å². The molecule has 2 N–H and O–H groups in total. The van der Waals surface area contributed by atoms with Crippen molar-refractivity contribution in [2.24, 2.45) is 0 Å². The Hall–Kier alpha value is -3.88. The maximum atomic E-state index is 13.1. The van der Waals surface area contributed by atoms with Gasteiger partial charge >= 0.3 is 12.1 Å². The largest absolute Gasteiger partial charge is 0.506 e. The van der Waals surface area contributed by atoms with Gasteiger partial charge < -0.3 is 10.2 Å². The van der Waals surface area contributed by atoms with Crippen LogP contribution in [0.15, 0.2) is 66.7 Å². The van der Waals surface area contributed by atoms with Crippen LogP contribution in [0.1, 0.15) is 42.9 Å². The SMILES string of the molecule is CC(C)(c1ccccc1)C(CC(=O)O)c1ccc(O)c(-n2nc3ccc(C(F)(F)F)cc3n2)c1. The van der Waals surface area contributed by atoms with Gasteiger partial charge in [-0.15, -0.1) is 15.0 Å². The summed E-state index contributed by atoms with van der Waals surface area (Å²) in [7, 11) is 0. The molecular formula is C25H22F3N3O3. The predicted molar refractivity (Wildman–Crippen MR) is 120 cm³/mol. The molecule has 1 aromatic heterocycles. The molecule has 0 aliphatic heterocycles. The maximum absolute atomic E-state index is 13.1. The minimum atomic E-state index is -4.52. The quantitative estimate of drug-likeness (QED) is 0.379. The number of hydrogen-bond donors (Lipinski definition) is 2. The molecule has 0 bridgehead atoms. The second kappa shape index (κ2) is 8.48. The Bertz CT molecular complexity index is 1350. The lowest BCUT2D eigenvalue weighted by Gasteiger charge is -2.35. The second-order valence-electron chi connectivity index (χ2n) is 8.68. The van der Waals surface area contributed by atoms with E-state index in [1.807, 2.05) is 44.2 Å². The molecule has 0 fully saturated rings. The van der Waals surface area contributed by atoms with Crippen LogP contribution in [0.3, 0.4) is 0 Å². The maximum Gasteiger partial charge on any atom is 0.416 e. The highest BCUT2D eigenvalue weighted by atomic mass is 19.4. The fourth-order valence-corrected chi connectivity index (χ4v) is 4.15. The number of halogens is 3. The number of carboxylic acids is 1. The van der Waals surface area contributed by atoms with Crippen LogP contribution in [0.5, 0.6) is 5.75 Å². The molecule has 3 aromatic carbocycles. The zero-order valence-corrected chi connectivity index (χ0v) is 18.4. The van der Waals surface area contributed by atoms with E-state index in [2.05, 4.69) is 10.2 Å². The van der Waals surface area contributed by atoms with E-state index >= 15 is 0 Å². The van der Waals surface area contributed by atoms with Crippen LogP contribution in [-0.2, 0) is 16.4 Å². The number of hydrogen-bond acceptors (Lipinski definition) is 4. The first-order valence-corrected chi connectivity index (χ1v) is 10.5. The zero-order valence-electron chi connectivity index (χ0n) is 18.4. The monoisotopic (exact) mass is 469 g/mol. The number of rotatable bonds is 6. The van der Waals surface area contributed by atoms with Crippen molar-refractivity contribution >= 4 is 17.0 Å². The van der Waals surface area contributed by atoms with E-state index in [4.69, 9.17) is 0 Å². The molecule has 0 amide bonds. The first-order chi connectivity index (χ1) is 16.0. The fourth-order valence-electron chi connectivity index (χ4n) is 4.15. The number of benzene rings is 3. The number of aromatic hydroxyl groups is 1. The molecule has 9 heteroatoms. The smallest absolute Gasteiger partial charge is 0.416 e. The summed E-state index contributed by atoms with van der Waals surface area (Å²) in [6, 6.07) is 17.2. The average Bonchev–Trinajstić information content (AvgIpc) is 3.21. The predicted octanol–water partition coefficient (Wildman–Crippen LogP) is 5.68. The molecule has 0 radical (unpaired) electrons. The lowest BCUT2D eigenvalue weighted by molar-refractivity contribution is -0.138. The van der Waals surface area contributed by atoms with Gasteiger partial charge in [0.2, 0.25) is 0 Å². The third-order valence-corrected chi connectivity index (χ3v) is 6.09. The van der Waals surface area contributed by atoms with E-state index in [0.717, 1.165) is 22.5 Å². The van der Waals surface area contributed by atoms with E-state index in [1.54, 1.807) is 12.1 Å². The lowest BCUT2D eigenvalue weighted by Crippen LogP contribution is -2.29. The minimum Gasteiger partial charge on any atom is -0.506 e. The number of phenolic OH excluding ortho intramolecular Hbond substituents is 1. The van der Waals surface area contributed by atoms with E-state index < -0.39 is 29.0 Å². The van der Waals surface area contributed by atoms with Gasteiger partial charge in [-0.25, -0.2) is 0 Å². The number of nitrogens with zero attached hydrogens (tertiary/aromatic N) is 3. The number of carbonyl (C=O) groups is 1. The molecule has 1 unspecified atom stereocenters. The Morgan fingerprint density at radius 1 is 0.941 bits per heavy atom. The second-order valence-corrected chi connectivity index (χ2v) is 8.68. The average molecular weight is 469 g/mol. The zero-order chi connectivity index (χ0) is 24.7. The number of carboxylic acid groups (broad SMARTS) is 1. The Labute approximate surface area is 193 Å². The number of alkyl halides is 3. The van der Waals surface area contributed by atoms with Gasteiger partial charge in [0.05, 0.1) is 12.0 Å². The normalized spacial score (nSPS) is 13.2. The summed E-state index contributed by atoms with van der Waals surface area (Å²) in [6.07, 6.45) is -4.69. The summed E-state index contributed by atoms with van der Waals surface area (Å²) in [5, 5.41) is 28.4. The molecule has 4 aromatic rings. The number of aromatic nitrogens is 3. The number of aliphatic carboxylic acids is 1. The van der Waals surface area contributed by atoms with Crippen molar-refractivity contribution < 1.29 is 28.2 Å². The molecule has 1 heterocycles. The van der Waals surface area contributed by atoms with Gasteiger partial charge in [-0.2, -0.15) is 13.2 Å². The van der Waals surface area contributed by atoms with Crippen LogP contribution in [0.25, 0.3) is 16.7 Å². The van der Waals surface area contributed by atoms with Crippen LogP contribution >= 0.6 is 0 Å². The van der Waals surface area contributed by atoms with Gasteiger partial charge in [-0.05, 0) is 46.9 Å². The standard InChI is InChI=1S/C25H22F3N3O3/c1-24(2,16-6-4-3-5-7-16)18(14-23(33)34)15-8-11-22(32)21(12-15)31-29-19-10-9-17(25(26,27)28)13-20(19)30-31/h3-13,18,32H,14H2,1-2H3,(H,33,34). The number of fused-ring (bicyclic) bond motifs is 1. The molecule has 0 aliphatic carbocycles. The van der Waals surface area contributed by atoms with Crippen LogP contribution in [0.4, 0.5) is 13.2 Å². The van der Waals surface area contributed by atoms with E-state index in [0.29, 0.717) is 5.56 Å². The van der Waals surface area contributed by atoms with Crippen molar-refractivity contribution in [3.63, 3.8) is 0 Å². The molecular weight excluding hydrogens is 447 g/mol. The Morgan fingerprint density at radius 2 is 1.62 bits per heavy atom. The van der Waals surface area contributed by atoms with E-state index in [9.17, 15) is 28.2 Å². The Morgan fingerprint density at radius 3 is 2.26 bits per heavy atom. The van der Waals surface area contributed by atoms with Gasteiger partial charge in [0.1, 0.15) is 22.5 Å². The van der Waals surface area contributed by atoms with Crippen molar-refractivity contribution in [3.8, 4) is 11.4 Å². The molecule has 4 rings (SSSR count). The van der Waals surface area contributed by atoms with Crippen molar-refractivity contribution in [2.75, 3.05) is 0 Å². The molecule has 0 aliphatic rings.